The van der Waals surface area contributed by atoms with Gasteiger partial charge in [-0.05, 0) is 81.6 Å². The first kappa shape index (κ1) is 25.7. The molecule has 1 N–H and O–H groups in total. The molecule has 7 nitrogen and oxygen atoms in total. The van der Waals surface area contributed by atoms with Crippen molar-refractivity contribution in [2.24, 2.45) is 0 Å². The predicted molar refractivity (Wildman–Crippen MR) is 156 cm³/mol. The number of aromatic nitrogens is 3. The van der Waals surface area contributed by atoms with E-state index >= 15 is 0 Å². The quantitative estimate of drug-likeness (QED) is 0.322. The first-order chi connectivity index (χ1) is 19.2. The number of benzene rings is 2. The minimum atomic E-state index is -0.185. The summed E-state index contributed by atoms with van der Waals surface area (Å²) in [4.78, 5) is 33.2. The largest absolute Gasteiger partial charge is 0.496 e. The summed E-state index contributed by atoms with van der Waals surface area (Å²) in [6.07, 6.45) is 9.04. The van der Waals surface area contributed by atoms with Gasteiger partial charge in [0.1, 0.15) is 5.75 Å². The lowest BCUT2D eigenvalue weighted by atomic mass is 9.90. The third kappa shape index (κ3) is 4.96. The summed E-state index contributed by atoms with van der Waals surface area (Å²) in [7, 11) is 1.63. The van der Waals surface area contributed by atoms with E-state index in [1.54, 1.807) is 7.11 Å². The van der Waals surface area contributed by atoms with E-state index in [2.05, 4.69) is 40.3 Å². The molecular formula is C32H38N4O3. The maximum Gasteiger partial charge on any atom is 0.331 e. The number of hydrogen-bond acceptors (Lipinski definition) is 4. The molecule has 2 aromatic carbocycles. The number of ether oxygens (including phenoxy) is 1. The van der Waals surface area contributed by atoms with Crippen LogP contribution in [0.3, 0.4) is 0 Å². The van der Waals surface area contributed by atoms with Gasteiger partial charge in [-0.25, -0.2) is 4.79 Å². The molecule has 0 radical (unpaired) electrons. The predicted octanol–water partition coefficient (Wildman–Crippen LogP) is 5.16. The standard InChI is InChI=1S/C32H38N4O3/c1-39-29-16-5-3-13-25(29)30-28-15-6-7-19-35(28)32(38)36(31(30)37)20-9-8-17-34-18-10-11-23(22-34)26-21-33-27-14-4-2-12-24(26)27/h2-5,12-14,16,21,23,33H,6-11,15,17-20,22H2,1H3. The van der Waals surface area contributed by atoms with E-state index in [-0.39, 0.29) is 11.2 Å². The van der Waals surface area contributed by atoms with E-state index in [9.17, 15) is 9.59 Å². The number of piperidine rings is 1. The second-order valence-electron chi connectivity index (χ2n) is 11.0. The highest BCUT2D eigenvalue weighted by molar-refractivity contribution is 5.83. The van der Waals surface area contributed by atoms with E-state index in [0.29, 0.717) is 30.3 Å². The van der Waals surface area contributed by atoms with Crippen LogP contribution in [0.5, 0.6) is 5.75 Å². The highest BCUT2D eigenvalue weighted by Gasteiger charge is 2.25. The van der Waals surface area contributed by atoms with Crippen molar-refractivity contribution in [3.63, 3.8) is 0 Å². The Morgan fingerprint density at radius 3 is 2.67 bits per heavy atom. The van der Waals surface area contributed by atoms with Gasteiger partial charge in [-0.2, -0.15) is 0 Å². The monoisotopic (exact) mass is 526 g/mol. The van der Waals surface area contributed by atoms with Gasteiger partial charge in [-0.1, -0.05) is 36.4 Å². The molecule has 0 saturated carbocycles. The zero-order valence-electron chi connectivity index (χ0n) is 22.8. The van der Waals surface area contributed by atoms with Crippen molar-refractivity contribution in [1.82, 2.24) is 19.0 Å². The van der Waals surface area contributed by atoms with Gasteiger partial charge in [0.25, 0.3) is 5.56 Å². The van der Waals surface area contributed by atoms with Gasteiger partial charge >= 0.3 is 5.69 Å². The van der Waals surface area contributed by atoms with Crippen molar-refractivity contribution < 1.29 is 4.74 Å². The molecule has 2 aromatic heterocycles. The zero-order valence-corrected chi connectivity index (χ0v) is 22.8. The fourth-order valence-electron chi connectivity index (χ4n) is 6.66. The van der Waals surface area contributed by atoms with Gasteiger partial charge in [0.2, 0.25) is 0 Å². The number of likely N-dealkylation sites (tertiary alicyclic amines) is 1. The summed E-state index contributed by atoms with van der Waals surface area (Å²) in [5, 5.41) is 1.34. The molecule has 2 aliphatic rings. The Balaban J connectivity index is 1.17. The molecule has 0 aliphatic carbocycles. The molecule has 1 fully saturated rings. The summed E-state index contributed by atoms with van der Waals surface area (Å²) < 4.78 is 8.91. The third-order valence-corrected chi connectivity index (χ3v) is 8.63. The number of unbranched alkanes of at least 4 members (excludes halogenated alkanes) is 1. The lowest BCUT2D eigenvalue weighted by molar-refractivity contribution is 0.204. The van der Waals surface area contributed by atoms with E-state index in [1.165, 1.54) is 33.9 Å². The Bertz CT molecular complexity index is 1580. The fourth-order valence-corrected chi connectivity index (χ4v) is 6.66. The van der Waals surface area contributed by atoms with Crippen LogP contribution in [0.15, 0.2) is 64.3 Å². The Morgan fingerprint density at radius 2 is 1.77 bits per heavy atom. The van der Waals surface area contributed by atoms with Crippen molar-refractivity contribution in [3.05, 3.63) is 86.8 Å². The number of H-pyrrole nitrogens is 1. The van der Waals surface area contributed by atoms with Crippen LogP contribution in [-0.4, -0.2) is 45.8 Å². The summed E-state index contributed by atoms with van der Waals surface area (Å²) in [5.41, 5.74) is 4.55. The van der Waals surface area contributed by atoms with Crippen LogP contribution >= 0.6 is 0 Å². The van der Waals surface area contributed by atoms with Gasteiger partial charge in [-0.15, -0.1) is 0 Å². The normalized spacial score (nSPS) is 17.8. The highest BCUT2D eigenvalue weighted by Crippen LogP contribution is 2.33. The third-order valence-electron chi connectivity index (χ3n) is 8.63. The summed E-state index contributed by atoms with van der Waals surface area (Å²) in [6, 6.07) is 16.2. The van der Waals surface area contributed by atoms with Crippen LogP contribution in [0.25, 0.3) is 22.0 Å². The lowest BCUT2D eigenvalue weighted by Crippen LogP contribution is -2.44. The molecule has 0 bridgehead atoms. The summed E-state index contributed by atoms with van der Waals surface area (Å²) >= 11 is 0. The molecule has 6 rings (SSSR count). The van der Waals surface area contributed by atoms with E-state index in [0.717, 1.165) is 63.0 Å². The van der Waals surface area contributed by atoms with Crippen LogP contribution < -0.4 is 16.0 Å². The van der Waals surface area contributed by atoms with Gasteiger partial charge < -0.3 is 14.6 Å². The number of methoxy groups -OCH3 is 1. The molecule has 0 amide bonds. The molecule has 4 heterocycles. The Kier molecular flexibility index (Phi) is 7.42. The number of nitrogens with zero attached hydrogens (tertiary/aromatic N) is 3. The molecule has 4 aromatic rings. The molecule has 1 saturated heterocycles. The van der Waals surface area contributed by atoms with Crippen LogP contribution in [0.4, 0.5) is 0 Å². The van der Waals surface area contributed by atoms with E-state index < -0.39 is 0 Å². The minimum Gasteiger partial charge on any atom is -0.496 e. The number of nitrogens with one attached hydrogen (secondary N) is 1. The van der Waals surface area contributed by atoms with Crippen LogP contribution in [0.1, 0.15) is 55.7 Å². The fraction of sp³-hybridized carbons (Fsp3) is 0.438. The van der Waals surface area contributed by atoms with Gasteiger partial charge in [-0.3, -0.25) is 13.9 Å². The molecule has 1 unspecified atom stereocenters. The van der Waals surface area contributed by atoms with Gasteiger partial charge in [0, 0.05) is 48.0 Å². The van der Waals surface area contributed by atoms with Crippen molar-refractivity contribution in [2.45, 2.75) is 64.0 Å². The van der Waals surface area contributed by atoms with E-state index in [1.807, 2.05) is 28.8 Å². The molecular weight excluding hydrogens is 488 g/mol. The number of rotatable bonds is 8. The maximum atomic E-state index is 13.8. The minimum absolute atomic E-state index is 0.161. The van der Waals surface area contributed by atoms with Crippen molar-refractivity contribution in [2.75, 3.05) is 26.7 Å². The average molecular weight is 527 g/mol. The molecule has 2 aliphatic heterocycles. The Hall–Kier alpha value is -3.58. The molecule has 39 heavy (non-hydrogen) atoms. The van der Waals surface area contributed by atoms with Crippen molar-refractivity contribution in [1.29, 1.82) is 0 Å². The Morgan fingerprint density at radius 1 is 0.949 bits per heavy atom. The molecule has 1 atom stereocenters. The smallest absolute Gasteiger partial charge is 0.331 e. The van der Waals surface area contributed by atoms with Crippen LogP contribution in [-0.2, 0) is 19.5 Å². The number of para-hydroxylation sites is 2. The van der Waals surface area contributed by atoms with Gasteiger partial charge in [0.05, 0.1) is 12.7 Å². The summed E-state index contributed by atoms with van der Waals surface area (Å²) in [5.74, 6) is 1.20. The topological polar surface area (TPSA) is 72.3 Å². The second-order valence-corrected chi connectivity index (χ2v) is 11.0. The first-order valence-corrected chi connectivity index (χ1v) is 14.4. The maximum absolute atomic E-state index is 13.8. The second kappa shape index (κ2) is 11.3. The zero-order chi connectivity index (χ0) is 26.8. The number of hydrogen-bond donors (Lipinski definition) is 1. The molecule has 7 heteroatoms. The van der Waals surface area contributed by atoms with Crippen LogP contribution in [0, 0.1) is 0 Å². The Labute approximate surface area is 229 Å². The number of aromatic amines is 1. The molecule has 0 spiro atoms. The highest BCUT2D eigenvalue weighted by atomic mass is 16.5. The molecule has 204 valence electrons. The average Bonchev–Trinajstić information content (AvgIpc) is 3.41. The lowest BCUT2D eigenvalue weighted by Gasteiger charge is -2.32. The first-order valence-electron chi connectivity index (χ1n) is 14.4. The van der Waals surface area contributed by atoms with Crippen molar-refractivity contribution >= 4 is 10.9 Å². The van der Waals surface area contributed by atoms with Crippen molar-refractivity contribution in [3.8, 4) is 16.9 Å². The van der Waals surface area contributed by atoms with Crippen LogP contribution in [0.2, 0.25) is 0 Å². The number of fused-ring (bicyclic) bond motifs is 2. The SMILES string of the molecule is COc1ccccc1-c1c2n(c(=O)n(CCCCN3CCCC(c4c[nH]c5ccccc45)C3)c1=O)CCCC2. The van der Waals surface area contributed by atoms with Gasteiger partial charge in [0.15, 0.2) is 0 Å². The van der Waals surface area contributed by atoms with E-state index in [4.69, 9.17) is 4.74 Å². The summed E-state index contributed by atoms with van der Waals surface area (Å²) in [6.45, 7) is 4.26.